The van der Waals surface area contributed by atoms with E-state index in [-0.39, 0.29) is 12.6 Å². The van der Waals surface area contributed by atoms with E-state index in [1.54, 1.807) is 6.92 Å². The maximum absolute atomic E-state index is 11.3. The van der Waals surface area contributed by atoms with Crippen molar-refractivity contribution in [2.45, 2.75) is 38.3 Å². The molecule has 0 aliphatic heterocycles. The highest BCUT2D eigenvalue weighted by atomic mass is 16.5. The molecule has 0 spiro atoms. The largest absolute Gasteiger partial charge is 0.464 e. The SMILES string of the molecule is CCOC(=O)C(N)C(=O)NC1CCC1. The number of nitrogens with one attached hydrogen (secondary N) is 1. The summed E-state index contributed by atoms with van der Waals surface area (Å²) < 4.78 is 4.63. The fourth-order valence-electron chi connectivity index (χ4n) is 1.18. The van der Waals surface area contributed by atoms with Gasteiger partial charge in [-0.2, -0.15) is 0 Å². The van der Waals surface area contributed by atoms with Gasteiger partial charge in [0.15, 0.2) is 6.04 Å². The maximum Gasteiger partial charge on any atom is 0.332 e. The van der Waals surface area contributed by atoms with E-state index in [4.69, 9.17) is 5.73 Å². The van der Waals surface area contributed by atoms with E-state index >= 15 is 0 Å². The summed E-state index contributed by atoms with van der Waals surface area (Å²) in [4.78, 5) is 22.4. The van der Waals surface area contributed by atoms with Crippen LogP contribution in [0.1, 0.15) is 26.2 Å². The van der Waals surface area contributed by atoms with Gasteiger partial charge < -0.3 is 15.8 Å². The standard InChI is InChI=1S/C9H16N2O3/c1-2-14-9(13)7(10)8(12)11-6-4-3-5-6/h6-7H,2-5,10H2,1H3,(H,11,12). The maximum atomic E-state index is 11.3. The summed E-state index contributed by atoms with van der Waals surface area (Å²) in [7, 11) is 0. The summed E-state index contributed by atoms with van der Waals surface area (Å²) in [5, 5.41) is 2.69. The van der Waals surface area contributed by atoms with Crippen molar-refractivity contribution in [1.82, 2.24) is 5.32 Å². The molecule has 5 heteroatoms. The smallest absolute Gasteiger partial charge is 0.332 e. The van der Waals surface area contributed by atoms with Crippen LogP contribution >= 0.6 is 0 Å². The van der Waals surface area contributed by atoms with Gasteiger partial charge in [-0.15, -0.1) is 0 Å². The van der Waals surface area contributed by atoms with Crippen molar-refractivity contribution in [3.63, 3.8) is 0 Å². The van der Waals surface area contributed by atoms with Crippen LogP contribution in [0.2, 0.25) is 0 Å². The number of esters is 1. The fraction of sp³-hybridized carbons (Fsp3) is 0.778. The molecule has 1 rings (SSSR count). The Bertz CT molecular complexity index is 226. The number of hydrogen-bond acceptors (Lipinski definition) is 4. The molecule has 0 radical (unpaired) electrons. The number of ether oxygens (including phenoxy) is 1. The molecule has 3 N–H and O–H groups in total. The van der Waals surface area contributed by atoms with Crippen LogP contribution in [0, 0.1) is 0 Å². The molecule has 0 saturated heterocycles. The molecule has 0 heterocycles. The molecule has 1 aliphatic rings. The number of rotatable bonds is 4. The molecule has 80 valence electrons. The number of amides is 1. The van der Waals surface area contributed by atoms with Crippen molar-refractivity contribution < 1.29 is 14.3 Å². The van der Waals surface area contributed by atoms with E-state index < -0.39 is 17.9 Å². The van der Waals surface area contributed by atoms with E-state index in [0.29, 0.717) is 0 Å². The summed E-state index contributed by atoms with van der Waals surface area (Å²) in [5.74, 6) is -1.10. The third-order valence-electron chi connectivity index (χ3n) is 2.27. The molecule has 1 aliphatic carbocycles. The first-order valence-corrected chi connectivity index (χ1v) is 4.87. The molecule has 0 aromatic rings. The number of carbonyl (C=O) groups is 2. The van der Waals surface area contributed by atoms with Gasteiger partial charge in [0, 0.05) is 6.04 Å². The molecule has 1 saturated carbocycles. The molecule has 1 unspecified atom stereocenters. The van der Waals surface area contributed by atoms with Crippen LogP contribution in [-0.2, 0) is 14.3 Å². The van der Waals surface area contributed by atoms with E-state index in [9.17, 15) is 9.59 Å². The minimum absolute atomic E-state index is 0.197. The van der Waals surface area contributed by atoms with Crippen LogP contribution in [0.25, 0.3) is 0 Å². The van der Waals surface area contributed by atoms with Crippen LogP contribution < -0.4 is 11.1 Å². The van der Waals surface area contributed by atoms with Crippen LogP contribution in [0.4, 0.5) is 0 Å². The van der Waals surface area contributed by atoms with Crippen molar-refractivity contribution >= 4 is 11.9 Å². The van der Waals surface area contributed by atoms with Crippen molar-refractivity contribution in [2.24, 2.45) is 5.73 Å². The Hall–Kier alpha value is -1.10. The van der Waals surface area contributed by atoms with Gasteiger partial charge >= 0.3 is 5.97 Å². The highest BCUT2D eigenvalue weighted by molar-refractivity contribution is 6.01. The summed E-state index contributed by atoms with van der Waals surface area (Å²) >= 11 is 0. The van der Waals surface area contributed by atoms with Gasteiger partial charge in [0.1, 0.15) is 0 Å². The molecule has 0 aromatic carbocycles. The monoisotopic (exact) mass is 200 g/mol. The van der Waals surface area contributed by atoms with Gasteiger partial charge in [-0.3, -0.25) is 4.79 Å². The zero-order valence-corrected chi connectivity index (χ0v) is 8.29. The Labute approximate surface area is 83.0 Å². The first-order valence-electron chi connectivity index (χ1n) is 4.87. The Balaban J connectivity index is 2.30. The zero-order valence-electron chi connectivity index (χ0n) is 8.29. The predicted octanol–water partition coefficient (Wildman–Crippen LogP) is -0.454. The van der Waals surface area contributed by atoms with Gasteiger partial charge in [-0.1, -0.05) is 0 Å². The van der Waals surface area contributed by atoms with Gasteiger partial charge in [-0.05, 0) is 26.2 Å². The first kappa shape index (κ1) is 11.0. The Kier molecular flexibility index (Phi) is 3.88. The van der Waals surface area contributed by atoms with Gasteiger partial charge in [0.2, 0.25) is 5.91 Å². The van der Waals surface area contributed by atoms with Crippen LogP contribution in [0.5, 0.6) is 0 Å². The lowest BCUT2D eigenvalue weighted by Crippen LogP contribution is -2.51. The second-order valence-corrected chi connectivity index (χ2v) is 3.37. The quantitative estimate of drug-likeness (QED) is 0.475. The van der Waals surface area contributed by atoms with Crippen molar-refractivity contribution in [3.05, 3.63) is 0 Å². The number of nitrogens with two attached hydrogens (primary N) is 1. The normalized spacial score (nSPS) is 18.1. The predicted molar refractivity (Wildman–Crippen MR) is 50.4 cm³/mol. The Morgan fingerprint density at radius 1 is 1.57 bits per heavy atom. The molecule has 1 fully saturated rings. The van der Waals surface area contributed by atoms with E-state index in [1.165, 1.54) is 0 Å². The minimum Gasteiger partial charge on any atom is -0.464 e. The van der Waals surface area contributed by atoms with Gasteiger partial charge in [-0.25, -0.2) is 4.79 Å². The molecule has 1 amide bonds. The average molecular weight is 200 g/mol. The van der Waals surface area contributed by atoms with E-state index in [2.05, 4.69) is 10.1 Å². The van der Waals surface area contributed by atoms with Crippen LogP contribution in [0.3, 0.4) is 0 Å². The lowest BCUT2D eigenvalue weighted by Gasteiger charge is -2.27. The van der Waals surface area contributed by atoms with Crippen molar-refractivity contribution in [2.75, 3.05) is 6.61 Å². The summed E-state index contributed by atoms with van der Waals surface area (Å²) in [6.07, 6.45) is 3.07. The Morgan fingerprint density at radius 3 is 2.64 bits per heavy atom. The van der Waals surface area contributed by atoms with E-state index in [1.807, 2.05) is 0 Å². The van der Waals surface area contributed by atoms with Crippen molar-refractivity contribution in [3.8, 4) is 0 Å². The lowest BCUT2D eigenvalue weighted by molar-refractivity contribution is -0.148. The highest BCUT2D eigenvalue weighted by Crippen LogP contribution is 2.17. The van der Waals surface area contributed by atoms with Crippen LogP contribution in [0.15, 0.2) is 0 Å². The molecule has 5 nitrogen and oxygen atoms in total. The average Bonchev–Trinajstić information content (AvgIpc) is 2.10. The summed E-state index contributed by atoms with van der Waals surface area (Å²) in [5.41, 5.74) is 5.39. The topological polar surface area (TPSA) is 81.4 Å². The summed E-state index contributed by atoms with van der Waals surface area (Å²) in [6.45, 7) is 1.91. The minimum atomic E-state index is -1.18. The third kappa shape index (κ3) is 2.70. The molecule has 1 atom stereocenters. The number of carbonyl (C=O) groups excluding carboxylic acids is 2. The fourth-order valence-corrected chi connectivity index (χ4v) is 1.18. The van der Waals surface area contributed by atoms with Crippen LogP contribution in [-0.4, -0.2) is 30.6 Å². The van der Waals surface area contributed by atoms with Gasteiger partial charge in [0.05, 0.1) is 6.61 Å². The molecular weight excluding hydrogens is 184 g/mol. The third-order valence-corrected chi connectivity index (χ3v) is 2.27. The Morgan fingerprint density at radius 2 is 2.21 bits per heavy atom. The molecule has 0 aromatic heterocycles. The van der Waals surface area contributed by atoms with Gasteiger partial charge in [0.25, 0.3) is 0 Å². The second kappa shape index (κ2) is 4.95. The van der Waals surface area contributed by atoms with E-state index in [0.717, 1.165) is 19.3 Å². The zero-order chi connectivity index (χ0) is 10.6. The highest BCUT2D eigenvalue weighted by Gasteiger charge is 2.27. The summed E-state index contributed by atoms with van der Waals surface area (Å²) in [6, 6.07) is -0.987. The molecular formula is C9H16N2O3. The molecule has 14 heavy (non-hydrogen) atoms. The first-order chi connectivity index (χ1) is 6.65. The lowest BCUT2D eigenvalue weighted by atomic mass is 9.93. The molecule has 0 bridgehead atoms. The number of hydrogen-bond donors (Lipinski definition) is 2. The second-order valence-electron chi connectivity index (χ2n) is 3.37. The van der Waals surface area contributed by atoms with Crippen molar-refractivity contribution in [1.29, 1.82) is 0 Å².